The lowest BCUT2D eigenvalue weighted by Crippen LogP contribution is -2.39. The van der Waals surface area contributed by atoms with E-state index in [4.69, 9.17) is 5.26 Å². The van der Waals surface area contributed by atoms with Gasteiger partial charge < -0.3 is 5.32 Å². The molecule has 1 heterocycles. The minimum absolute atomic E-state index is 0.201. The van der Waals surface area contributed by atoms with Crippen LogP contribution in [0.5, 0.6) is 0 Å². The van der Waals surface area contributed by atoms with Gasteiger partial charge >= 0.3 is 0 Å². The van der Waals surface area contributed by atoms with Crippen molar-refractivity contribution in [3.05, 3.63) is 21.9 Å². The minimum Gasteiger partial charge on any atom is -0.305 e. The van der Waals surface area contributed by atoms with Gasteiger partial charge in [0.2, 0.25) is 0 Å². The van der Waals surface area contributed by atoms with Gasteiger partial charge in [-0.3, -0.25) is 0 Å². The molecular formula is C14H20N2S. The maximum atomic E-state index is 9.16. The van der Waals surface area contributed by atoms with Gasteiger partial charge in [-0.1, -0.05) is 12.8 Å². The molecular weight excluding hydrogens is 228 g/mol. The molecule has 92 valence electrons. The van der Waals surface area contributed by atoms with Crippen molar-refractivity contribution in [2.24, 2.45) is 5.92 Å². The summed E-state index contributed by atoms with van der Waals surface area (Å²) in [5.41, 5.74) is 0. The molecule has 0 spiro atoms. The van der Waals surface area contributed by atoms with Crippen molar-refractivity contribution in [1.82, 2.24) is 5.32 Å². The molecule has 1 saturated carbocycles. The zero-order chi connectivity index (χ0) is 12.3. The molecule has 3 unspecified atom stereocenters. The number of hydrogen-bond acceptors (Lipinski definition) is 3. The average molecular weight is 248 g/mol. The van der Waals surface area contributed by atoms with E-state index in [1.165, 1.54) is 22.6 Å². The van der Waals surface area contributed by atoms with Gasteiger partial charge in [0.1, 0.15) is 0 Å². The van der Waals surface area contributed by atoms with Gasteiger partial charge in [0, 0.05) is 21.8 Å². The van der Waals surface area contributed by atoms with Crippen LogP contribution in [0.4, 0.5) is 0 Å². The fourth-order valence-electron chi connectivity index (χ4n) is 2.57. The first-order valence-corrected chi connectivity index (χ1v) is 7.24. The monoisotopic (exact) mass is 248 g/mol. The summed E-state index contributed by atoms with van der Waals surface area (Å²) >= 11 is 1.85. The standard InChI is InChI=1S/C14H20N2S/c1-10-7-8-14(17-10)11(2)16-13-6-4-3-5-12(13)9-15/h7-8,11-13,16H,3-6H2,1-2H3. The number of aryl methyl sites for hydroxylation is 1. The van der Waals surface area contributed by atoms with E-state index < -0.39 is 0 Å². The van der Waals surface area contributed by atoms with Crippen molar-refractivity contribution in [2.45, 2.75) is 51.6 Å². The van der Waals surface area contributed by atoms with Crippen LogP contribution < -0.4 is 5.32 Å². The van der Waals surface area contributed by atoms with E-state index in [1.54, 1.807) is 0 Å². The first-order valence-electron chi connectivity index (χ1n) is 6.42. The Kier molecular flexibility index (Phi) is 4.20. The third-order valence-electron chi connectivity index (χ3n) is 3.58. The van der Waals surface area contributed by atoms with Gasteiger partial charge in [-0.15, -0.1) is 11.3 Å². The quantitative estimate of drug-likeness (QED) is 0.883. The fraction of sp³-hybridized carbons (Fsp3) is 0.643. The maximum Gasteiger partial charge on any atom is 0.0672 e. The highest BCUT2D eigenvalue weighted by atomic mass is 32.1. The summed E-state index contributed by atoms with van der Waals surface area (Å²) in [4.78, 5) is 2.74. The lowest BCUT2D eigenvalue weighted by atomic mass is 9.85. The summed E-state index contributed by atoms with van der Waals surface area (Å²) in [6.07, 6.45) is 4.67. The smallest absolute Gasteiger partial charge is 0.0672 e. The van der Waals surface area contributed by atoms with Crippen LogP contribution in [0, 0.1) is 24.2 Å². The molecule has 1 aromatic rings. The Hall–Kier alpha value is -0.850. The molecule has 2 rings (SSSR count). The molecule has 0 aromatic carbocycles. The van der Waals surface area contributed by atoms with Crippen molar-refractivity contribution < 1.29 is 0 Å². The molecule has 0 bridgehead atoms. The molecule has 2 nitrogen and oxygen atoms in total. The van der Waals surface area contributed by atoms with Crippen LogP contribution in [0.2, 0.25) is 0 Å². The van der Waals surface area contributed by atoms with Gasteiger partial charge in [-0.05, 0) is 38.8 Å². The summed E-state index contributed by atoms with van der Waals surface area (Å²) in [5, 5.41) is 12.8. The number of thiophene rings is 1. The molecule has 1 aliphatic carbocycles. The first kappa shape index (κ1) is 12.6. The predicted octanol–water partition coefficient (Wildman–Crippen LogP) is 3.79. The van der Waals surface area contributed by atoms with Gasteiger partial charge in [-0.2, -0.15) is 5.26 Å². The van der Waals surface area contributed by atoms with Crippen LogP contribution in [0.15, 0.2) is 12.1 Å². The molecule has 3 heteroatoms. The Bertz CT molecular complexity index is 405. The Morgan fingerprint density at radius 2 is 2.18 bits per heavy atom. The SMILES string of the molecule is Cc1ccc(C(C)NC2CCCCC2C#N)s1. The summed E-state index contributed by atoms with van der Waals surface area (Å²) in [5.74, 6) is 0.201. The molecule has 1 N–H and O–H groups in total. The minimum atomic E-state index is 0.201. The summed E-state index contributed by atoms with van der Waals surface area (Å²) in [7, 11) is 0. The maximum absolute atomic E-state index is 9.16. The first-order chi connectivity index (χ1) is 8.20. The van der Waals surface area contributed by atoms with Crippen LogP contribution in [-0.4, -0.2) is 6.04 Å². The normalized spacial score (nSPS) is 26.4. The largest absolute Gasteiger partial charge is 0.305 e. The third kappa shape index (κ3) is 3.08. The second-order valence-corrected chi connectivity index (χ2v) is 6.28. The van der Waals surface area contributed by atoms with Crippen molar-refractivity contribution in [3.8, 4) is 6.07 Å². The lowest BCUT2D eigenvalue weighted by molar-refractivity contribution is 0.293. The fourth-order valence-corrected chi connectivity index (χ4v) is 3.46. The Morgan fingerprint density at radius 3 is 2.82 bits per heavy atom. The number of nitrogens with zero attached hydrogens (tertiary/aromatic N) is 1. The summed E-state index contributed by atoms with van der Waals surface area (Å²) in [6.45, 7) is 4.34. The topological polar surface area (TPSA) is 35.8 Å². The van der Waals surface area contributed by atoms with Crippen molar-refractivity contribution in [1.29, 1.82) is 5.26 Å². The second-order valence-electron chi connectivity index (χ2n) is 4.96. The van der Waals surface area contributed by atoms with E-state index in [0.29, 0.717) is 12.1 Å². The molecule has 1 aromatic heterocycles. The van der Waals surface area contributed by atoms with Gasteiger partial charge in [0.25, 0.3) is 0 Å². The molecule has 1 aliphatic rings. The van der Waals surface area contributed by atoms with E-state index >= 15 is 0 Å². The van der Waals surface area contributed by atoms with Crippen molar-refractivity contribution >= 4 is 11.3 Å². The third-order valence-corrected chi connectivity index (χ3v) is 4.77. The highest BCUT2D eigenvalue weighted by Gasteiger charge is 2.26. The van der Waals surface area contributed by atoms with E-state index in [2.05, 4.69) is 37.4 Å². The highest BCUT2D eigenvalue weighted by Crippen LogP contribution is 2.28. The van der Waals surface area contributed by atoms with Crippen LogP contribution in [-0.2, 0) is 0 Å². The highest BCUT2D eigenvalue weighted by molar-refractivity contribution is 7.12. The Morgan fingerprint density at radius 1 is 1.41 bits per heavy atom. The molecule has 17 heavy (non-hydrogen) atoms. The number of nitrogens with one attached hydrogen (secondary N) is 1. The zero-order valence-electron chi connectivity index (χ0n) is 10.6. The second kappa shape index (κ2) is 5.66. The van der Waals surface area contributed by atoms with E-state index in [0.717, 1.165) is 12.8 Å². The molecule has 0 aliphatic heterocycles. The van der Waals surface area contributed by atoms with Gasteiger partial charge in [-0.25, -0.2) is 0 Å². The molecule has 1 fully saturated rings. The molecule has 0 radical (unpaired) electrons. The molecule has 0 amide bonds. The summed E-state index contributed by atoms with van der Waals surface area (Å²) in [6, 6.07) is 7.57. The van der Waals surface area contributed by atoms with Crippen LogP contribution in [0.25, 0.3) is 0 Å². The lowest BCUT2D eigenvalue weighted by Gasteiger charge is -2.30. The molecule has 0 saturated heterocycles. The zero-order valence-corrected chi connectivity index (χ0v) is 11.4. The Labute approximate surface area is 108 Å². The van der Waals surface area contributed by atoms with Crippen LogP contribution >= 0.6 is 11.3 Å². The number of nitriles is 1. The van der Waals surface area contributed by atoms with Crippen molar-refractivity contribution in [3.63, 3.8) is 0 Å². The number of rotatable bonds is 3. The van der Waals surface area contributed by atoms with E-state index in [9.17, 15) is 0 Å². The Balaban J connectivity index is 1.97. The van der Waals surface area contributed by atoms with Crippen molar-refractivity contribution in [2.75, 3.05) is 0 Å². The van der Waals surface area contributed by atoms with Crippen LogP contribution in [0.1, 0.15) is 48.4 Å². The van der Waals surface area contributed by atoms with Gasteiger partial charge in [0.15, 0.2) is 0 Å². The van der Waals surface area contributed by atoms with E-state index in [-0.39, 0.29) is 5.92 Å². The summed E-state index contributed by atoms with van der Waals surface area (Å²) < 4.78 is 0. The number of hydrogen-bond donors (Lipinski definition) is 1. The molecule has 3 atom stereocenters. The predicted molar refractivity (Wildman–Crippen MR) is 72.0 cm³/mol. The average Bonchev–Trinajstić information content (AvgIpc) is 2.77. The van der Waals surface area contributed by atoms with Gasteiger partial charge in [0.05, 0.1) is 12.0 Å². The van der Waals surface area contributed by atoms with Crippen LogP contribution in [0.3, 0.4) is 0 Å². The van der Waals surface area contributed by atoms with E-state index in [1.807, 2.05) is 11.3 Å².